The van der Waals surface area contributed by atoms with Crippen LogP contribution in [0.3, 0.4) is 0 Å². The standard InChI is InChI=1S/C59H82N10O9/c1-59(2,3)40-16-18-42(19-17-40)67(5)38-53-62-48-15-9-8-14-43(48)57(63-53)61-21-12-24-66(4)23-10-13-41-37-68(65-64-41)26-28-75-30-32-76-31-29-74-27-22-60-20-11-25-69-55-45-34-51-52(78-39-77-51)35-46(45)56(70)54(55)44-33-49(72-6)50(73-7)36-47(44)58(69)71/h8-9,14-15,33-37,40,42,60,64-65H,10-13,16-32,38-39H2,1-7H3,(H,61,62,63). The van der Waals surface area contributed by atoms with E-state index in [9.17, 15) is 9.59 Å². The molecule has 19 nitrogen and oxygen atoms in total. The van der Waals surface area contributed by atoms with Gasteiger partial charge in [0.2, 0.25) is 6.79 Å². The maximum atomic E-state index is 14.1. The number of carbonyl (C=O) groups excluding carboxylic acids is 1. The number of rotatable bonds is 30. The highest BCUT2D eigenvalue weighted by atomic mass is 16.7. The Morgan fingerprint density at radius 2 is 1.45 bits per heavy atom. The number of benzene rings is 3. The SMILES string of the molecule is COc1cc2c3c(n(CCCNCCOCCOCCOCCN4C=C(CCCN(C)CCCNc5nc(CN(C)C6CCC(C(C)(C)C)CC6)nc6ccccc56)NN4)c(=O)c2cc1OC)-c1cc2c(cc1C3=O)OCO2. The fourth-order valence-electron chi connectivity index (χ4n) is 11.2. The molecule has 4 aliphatic rings. The number of fused-ring (bicyclic) bond motifs is 7. The van der Waals surface area contributed by atoms with Gasteiger partial charge in [-0.05, 0) is 133 Å². The highest BCUT2D eigenvalue weighted by Gasteiger charge is 2.36. The van der Waals surface area contributed by atoms with Crippen LogP contribution in [-0.4, -0.2) is 155 Å². The van der Waals surface area contributed by atoms with Crippen molar-refractivity contribution in [3.63, 3.8) is 0 Å². The minimum absolute atomic E-state index is 0.0825. The molecule has 422 valence electrons. The molecule has 9 rings (SSSR count). The zero-order chi connectivity index (χ0) is 54.6. The van der Waals surface area contributed by atoms with Crippen molar-refractivity contribution < 1.29 is 38.0 Å². The maximum absolute atomic E-state index is 14.1. The van der Waals surface area contributed by atoms with Crippen LogP contribution in [0.1, 0.15) is 93.9 Å². The number of hydrogen-bond donors (Lipinski definition) is 4. The summed E-state index contributed by atoms with van der Waals surface area (Å²) in [6, 6.07) is 15.8. The van der Waals surface area contributed by atoms with Crippen LogP contribution in [-0.2, 0) is 27.3 Å². The number of hydrazine groups is 2. The summed E-state index contributed by atoms with van der Waals surface area (Å²) in [6.07, 6.45) is 10.9. The van der Waals surface area contributed by atoms with Gasteiger partial charge in [0.05, 0.1) is 89.1 Å². The first-order chi connectivity index (χ1) is 37.9. The second-order valence-electron chi connectivity index (χ2n) is 22.0. The van der Waals surface area contributed by atoms with Crippen molar-refractivity contribution in [1.29, 1.82) is 0 Å². The highest BCUT2D eigenvalue weighted by molar-refractivity contribution is 6.27. The van der Waals surface area contributed by atoms with Crippen LogP contribution in [0.5, 0.6) is 23.0 Å². The smallest absolute Gasteiger partial charge is 0.259 e. The van der Waals surface area contributed by atoms with Crippen LogP contribution in [0.25, 0.3) is 32.9 Å². The molecule has 0 amide bonds. The Labute approximate surface area is 459 Å². The molecule has 1 saturated carbocycles. The number of anilines is 1. The molecule has 0 bridgehead atoms. The Hall–Kier alpha value is -6.06. The van der Waals surface area contributed by atoms with E-state index in [1.54, 1.807) is 28.8 Å². The molecule has 2 aliphatic carbocycles. The van der Waals surface area contributed by atoms with Crippen molar-refractivity contribution in [1.82, 2.24) is 45.6 Å². The zero-order valence-electron chi connectivity index (χ0n) is 47.0. The van der Waals surface area contributed by atoms with Gasteiger partial charge in [0.1, 0.15) is 11.6 Å². The number of ketones is 1. The molecule has 0 saturated heterocycles. The number of allylic oxidation sites excluding steroid dienone is 1. The number of nitrogens with one attached hydrogen (secondary N) is 4. The van der Waals surface area contributed by atoms with E-state index in [-0.39, 0.29) is 18.1 Å². The Balaban J connectivity index is 0.598. The summed E-state index contributed by atoms with van der Waals surface area (Å²) in [4.78, 5) is 43.0. The Morgan fingerprint density at radius 3 is 2.19 bits per heavy atom. The number of methoxy groups -OCH3 is 2. The maximum Gasteiger partial charge on any atom is 0.259 e. The molecule has 0 radical (unpaired) electrons. The van der Waals surface area contributed by atoms with Gasteiger partial charge in [-0.1, -0.05) is 32.9 Å². The molecular formula is C59H82N10O9. The quantitative estimate of drug-likeness (QED) is 0.0328. The second-order valence-corrected chi connectivity index (χ2v) is 22.0. The molecule has 4 N–H and O–H groups in total. The third-order valence-corrected chi connectivity index (χ3v) is 15.6. The largest absolute Gasteiger partial charge is 0.493 e. The lowest BCUT2D eigenvalue weighted by Gasteiger charge is -2.39. The molecule has 19 heteroatoms. The van der Waals surface area contributed by atoms with E-state index >= 15 is 0 Å². The van der Waals surface area contributed by atoms with Crippen molar-refractivity contribution in [2.75, 3.05) is 119 Å². The summed E-state index contributed by atoms with van der Waals surface area (Å²) in [6.45, 7) is 16.3. The van der Waals surface area contributed by atoms with Crippen LogP contribution in [0.15, 0.2) is 65.2 Å². The van der Waals surface area contributed by atoms with E-state index in [1.807, 2.05) is 5.01 Å². The number of aromatic nitrogens is 3. The van der Waals surface area contributed by atoms with Gasteiger partial charge in [0, 0.05) is 59.5 Å². The van der Waals surface area contributed by atoms with Crippen LogP contribution >= 0.6 is 0 Å². The molecular weight excluding hydrogens is 993 g/mol. The van der Waals surface area contributed by atoms with Crippen molar-refractivity contribution in [3.05, 3.63) is 87.7 Å². The number of hydrogen-bond acceptors (Lipinski definition) is 18. The van der Waals surface area contributed by atoms with Crippen LogP contribution in [0.4, 0.5) is 5.82 Å². The van der Waals surface area contributed by atoms with E-state index in [2.05, 4.69) is 96.7 Å². The molecule has 0 atom stereocenters. The molecule has 0 unspecified atom stereocenters. The first-order valence-corrected chi connectivity index (χ1v) is 28.0. The molecule has 78 heavy (non-hydrogen) atoms. The molecule has 2 aliphatic heterocycles. The van der Waals surface area contributed by atoms with Gasteiger partial charge in [0.25, 0.3) is 5.56 Å². The van der Waals surface area contributed by atoms with Gasteiger partial charge in [-0.2, -0.15) is 0 Å². The normalized spacial score (nSPS) is 16.9. The monoisotopic (exact) mass is 1070 g/mol. The molecule has 2 aromatic heterocycles. The fraction of sp³-hybridized carbons (Fsp3) is 0.559. The Bertz CT molecular complexity index is 2940. The number of ether oxygens (including phenoxy) is 7. The summed E-state index contributed by atoms with van der Waals surface area (Å²) in [7, 11) is 7.49. The van der Waals surface area contributed by atoms with Crippen molar-refractivity contribution in [3.8, 4) is 34.3 Å². The first kappa shape index (κ1) is 56.7. The minimum atomic E-state index is -0.212. The summed E-state index contributed by atoms with van der Waals surface area (Å²) >= 11 is 0. The molecule has 3 aromatic carbocycles. The van der Waals surface area contributed by atoms with Gasteiger partial charge in [-0.3, -0.25) is 19.5 Å². The zero-order valence-corrected chi connectivity index (χ0v) is 47.0. The summed E-state index contributed by atoms with van der Waals surface area (Å²) in [5, 5.41) is 11.1. The van der Waals surface area contributed by atoms with E-state index < -0.39 is 0 Å². The number of pyridine rings is 1. The van der Waals surface area contributed by atoms with E-state index in [0.29, 0.717) is 140 Å². The third-order valence-electron chi connectivity index (χ3n) is 15.6. The van der Waals surface area contributed by atoms with E-state index in [4.69, 9.17) is 43.1 Å². The van der Waals surface area contributed by atoms with Gasteiger partial charge in [-0.15, -0.1) is 5.53 Å². The fourth-order valence-corrected chi connectivity index (χ4v) is 11.2. The van der Waals surface area contributed by atoms with Gasteiger partial charge in [0.15, 0.2) is 28.8 Å². The Kier molecular flexibility index (Phi) is 19.4. The van der Waals surface area contributed by atoms with Gasteiger partial charge >= 0.3 is 0 Å². The Morgan fingerprint density at radius 1 is 0.756 bits per heavy atom. The third kappa shape index (κ3) is 13.8. The molecule has 4 heterocycles. The minimum Gasteiger partial charge on any atom is -0.493 e. The van der Waals surface area contributed by atoms with Crippen molar-refractivity contribution >= 4 is 33.3 Å². The average molecular weight is 1080 g/mol. The van der Waals surface area contributed by atoms with Gasteiger partial charge in [-0.25, -0.2) is 9.97 Å². The number of para-hydroxylation sites is 1. The summed E-state index contributed by atoms with van der Waals surface area (Å²) in [5.74, 6) is 4.36. The number of nitrogens with zero attached hydrogens (tertiary/aromatic N) is 6. The topological polar surface area (TPSA) is 187 Å². The predicted molar refractivity (Wildman–Crippen MR) is 303 cm³/mol. The summed E-state index contributed by atoms with van der Waals surface area (Å²) in [5.41, 5.74) is 11.0. The lowest BCUT2D eigenvalue weighted by Crippen LogP contribution is -2.38. The van der Waals surface area contributed by atoms with Crippen molar-refractivity contribution in [2.24, 2.45) is 11.3 Å². The predicted octanol–water partition coefficient (Wildman–Crippen LogP) is 7.35. The van der Waals surface area contributed by atoms with Crippen LogP contribution in [0.2, 0.25) is 0 Å². The molecule has 0 spiro atoms. The average Bonchev–Trinajstić information content (AvgIpc) is 4.38. The molecule has 5 aromatic rings. The van der Waals surface area contributed by atoms with E-state index in [0.717, 1.165) is 73.9 Å². The second kappa shape index (κ2) is 26.7. The highest BCUT2D eigenvalue weighted by Crippen LogP contribution is 2.47. The lowest BCUT2D eigenvalue weighted by atomic mass is 9.71. The lowest BCUT2D eigenvalue weighted by molar-refractivity contribution is 0.0112. The molecule has 1 fully saturated rings. The van der Waals surface area contributed by atoms with Crippen LogP contribution < -0.4 is 46.1 Å². The summed E-state index contributed by atoms with van der Waals surface area (Å²) < 4.78 is 41.3. The number of carbonyl (C=O) groups is 1. The first-order valence-electron chi connectivity index (χ1n) is 28.0. The van der Waals surface area contributed by atoms with Crippen LogP contribution in [0, 0.1) is 11.3 Å². The van der Waals surface area contributed by atoms with Gasteiger partial charge < -0.3 is 58.7 Å². The van der Waals surface area contributed by atoms with Crippen molar-refractivity contribution in [2.45, 2.75) is 91.3 Å². The van der Waals surface area contributed by atoms with E-state index in [1.165, 1.54) is 45.6 Å².